The number of hydrogen-bond donors (Lipinski definition) is 1. The van der Waals surface area contributed by atoms with Crippen molar-refractivity contribution in [2.45, 2.75) is 6.18 Å². The highest BCUT2D eigenvalue weighted by atomic mass is 32.1. The SMILES string of the molecule is COc1c(C(N)=O)sc2ccc(C(F)(F)F)cc12. The maximum Gasteiger partial charge on any atom is 0.416 e. The molecule has 96 valence electrons. The third kappa shape index (κ3) is 2.01. The zero-order valence-corrected chi connectivity index (χ0v) is 9.98. The molecule has 2 aromatic rings. The summed E-state index contributed by atoms with van der Waals surface area (Å²) in [6, 6.07) is 3.22. The first kappa shape index (κ1) is 12.7. The number of benzene rings is 1. The molecule has 2 N–H and O–H groups in total. The number of hydrogen-bond acceptors (Lipinski definition) is 3. The van der Waals surface area contributed by atoms with E-state index in [4.69, 9.17) is 10.5 Å². The molecule has 0 aliphatic heterocycles. The second-order valence-electron chi connectivity index (χ2n) is 3.54. The highest BCUT2D eigenvalue weighted by Gasteiger charge is 2.31. The van der Waals surface area contributed by atoms with Crippen LogP contribution in [0.1, 0.15) is 15.2 Å². The minimum absolute atomic E-state index is 0.0913. The number of rotatable bonds is 2. The Hall–Kier alpha value is -1.76. The molecule has 0 radical (unpaired) electrons. The molecule has 0 saturated heterocycles. The molecule has 0 aliphatic carbocycles. The molecule has 3 nitrogen and oxygen atoms in total. The topological polar surface area (TPSA) is 52.3 Å². The Morgan fingerprint density at radius 2 is 2.06 bits per heavy atom. The van der Waals surface area contributed by atoms with Gasteiger partial charge in [-0.1, -0.05) is 0 Å². The molecule has 0 bridgehead atoms. The summed E-state index contributed by atoms with van der Waals surface area (Å²) in [5, 5.41) is 0.242. The van der Waals surface area contributed by atoms with Crippen LogP contribution in [0.25, 0.3) is 10.1 Å². The second kappa shape index (κ2) is 4.16. The van der Waals surface area contributed by atoms with E-state index in [0.717, 1.165) is 23.5 Å². The van der Waals surface area contributed by atoms with Crippen LogP contribution in [0.3, 0.4) is 0 Å². The van der Waals surface area contributed by atoms with E-state index >= 15 is 0 Å². The monoisotopic (exact) mass is 275 g/mol. The van der Waals surface area contributed by atoms with E-state index in [1.165, 1.54) is 13.2 Å². The van der Waals surface area contributed by atoms with Crippen LogP contribution < -0.4 is 10.5 Å². The minimum Gasteiger partial charge on any atom is -0.494 e. The van der Waals surface area contributed by atoms with Gasteiger partial charge in [-0.3, -0.25) is 4.79 Å². The normalized spacial score (nSPS) is 11.8. The van der Waals surface area contributed by atoms with Crippen LogP contribution in [0.15, 0.2) is 18.2 Å². The summed E-state index contributed by atoms with van der Waals surface area (Å²) in [4.78, 5) is 11.3. The molecule has 0 atom stereocenters. The van der Waals surface area contributed by atoms with Gasteiger partial charge in [-0.2, -0.15) is 13.2 Å². The summed E-state index contributed by atoms with van der Waals surface area (Å²) in [7, 11) is 1.29. The van der Waals surface area contributed by atoms with Gasteiger partial charge in [-0.05, 0) is 18.2 Å². The van der Waals surface area contributed by atoms with Gasteiger partial charge in [0.05, 0.1) is 12.7 Å². The predicted octanol–water partition coefficient (Wildman–Crippen LogP) is 3.03. The maximum absolute atomic E-state index is 12.6. The lowest BCUT2D eigenvalue weighted by Gasteiger charge is -2.06. The van der Waals surface area contributed by atoms with Crippen molar-refractivity contribution >= 4 is 27.3 Å². The number of methoxy groups -OCH3 is 1. The zero-order valence-electron chi connectivity index (χ0n) is 9.17. The Balaban J connectivity index is 2.72. The van der Waals surface area contributed by atoms with Crippen LogP contribution in [0.2, 0.25) is 0 Å². The highest BCUT2D eigenvalue weighted by Crippen LogP contribution is 2.40. The Kier molecular flexibility index (Phi) is 2.94. The average Bonchev–Trinajstić information content (AvgIpc) is 2.65. The summed E-state index contributed by atoms with van der Waals surface area (Å²) in [6.07, 6.45) is -4.44. The van der Waals surface area contributed by atoms with Gasteiger partial charge in [0.2, 0.25) is 0 Å². The van der Waals surface area contributed by atoms with E-state index in [1.807, 2.05) is 0 Å². The Bertz CT molecular complexity index is 619. The first-order valence-corrected chi connectivity index (χ1v) is 5.63. The van der Waals surface area contributed by atoms with Crippen molar-refractivity contribution in [1.29, 1.82) is 0 Å². The van der Waals surface area contributed by atoms with Crippen LogP contribution in [-0.2, 0) is 6.18 Å². The van der Waals surface area contributed by atoms with Gasteiger partial charge >= 0.3 is 6.18 Å². The lowest BCUT2D eigenvalue weighted by molar-refractivity contribution is -0.137. The number of halogens is 3. The molecule has 0 spiro atoms. The molecule has 1 aromatic heterocycles. The number of thiophene rings is 1. The Morgan fingerprint density at radius 1 is 1.39 bits per heavy atom. The Morgan fingerprint density at radius 3 is 2.56 bits per heavy atom. The van der Waals surface area contributed by atoms with E-state index in [1.54, 1.807) is 0 Å². The smallest absolute Gasteiger partial charge is 0.416 e. The largest absolute Gasteiger partial charge is 0.494 e. The quantitative estimate of drug-likeness (QED) is 0.915. The predicted molar refractivity (Wildman–Crippen MR) is 61.9 cm³/mol. The standard InChI is InChI=1S/C11H8F3NO2S/c1-17-8-6-4-5(11(12,13)14)2-3-7(6)18-9(8)10(15)16/h2-4H,1H3,(H2,15,16). The van der Waals surface area contributed by atoms with Gasteiger partial charge < -0.3 is 10.5 Å². The van der Waals surface area contributed by atoms with Crippen molar-refractivity contribution < 1.29 is 22.7 Å². The van der Waals surface area contributed by atoms with E-state index in [0.29, 0.717) is 4.70 Å². The molecule has 0 saturated carbocycles. The first-order chi connectivity index (χ1) is 8.34. The molecule has 1 amide bonds. The minimum atomic E-state index is -4.44. The van der Waals surface area contributed by atoms with Gasteiger partial charge in [0.1, 0.15) is 10.6 Å². The van der Waals surface area contributed by atoms with E-state index in [9.17, 15) is 18.0 Å². The number of amides is 1. The first-order valence-electron chi connectivity index (χ1n) is 4.82. The fraction of sp³-hybridized carbons (Fsp3) is 0.182. The molecule has 0 aliphatic rings. The van der Waals surface area contributed by atoms with Crippen molar-refractivity contribution in [2.75, 3.05) is 7.11 Å². The number of ether oxygens (including phenoxy) is 1. The number of primary amides is 1. The molecule has 1 heterocycles. The van der Waals surface area contributed by atoms with Crippen molar-refractivity contribution in [1.82, 2.24) is 0 Å². The van der Waals surface area contributed by atoms with E-state index in [2.05, 4.69) is 0 Å². The van der Waals surface area contributed by atoms with Crippen molar-refractivity contribution in [3.63, 3.8) is 0 Å². The third-order valence-electron chi connectivity index (χ3n) is 2.40. The molecule has 1 aromatic carbocycles. The molecular weight excluding hydrogens is 267 g/mol. The lowest BCUT2D eigenvalue weighted by atomic mass is 10.1. The van der Waals surface area contributed by atoms with Gasteiger partial charge in [0, 0.05) is 10.1 Å². The van der Waals surface area contributed by atoms with Crippen LogP contribution in [0, 0.1) is 0 Å². The van der Waals surface area contributed by atoms with Gasteiger partial charge in [-0.25, -0.2) is 0 Å². The van der Waals surface area contributed by atoms with Crippen molar-refractivity contribution in [3.05, 3.63) is 28.6 Å². The fourth-order valence-corrected chi connectivity index (χ4v) is 2.62. The lowest BCUT2D eigenvalue weighted by Crippen LogP contribution is -2.09. The van der Waals surface area contributed by atoms with Crippen molar-refractivity contribution in [3.8, 4) is 5.75 Å². The number of carbonyl (C=O) groups excluding carboxylic acids is 1. The third-order valence-corrected chi connectivity index (χ3v) is 3.56. The maximum atomic E-state index is 12.6. The second-order valence-corrected chi connectivity index (χ2v) is 4.59. The number of fused-ring (bicyclic) bond motifs is 1. The summed E-state index contributed by atoms with van der Waals surface area (Å²) in [5.41, 5.74) is 4.36. The van der Waals surface area contributed by atoms with Crippen LogP contribution >= 0.6 is 11.3 Å². The number of alkyl halides is 3. The van der Waals surface area contributed by atoms with E-state index in [-0.39, 0.29) is 16.0 Å². The highest BCUT2D eigenvalue weighted by molar-refractivity contribution is 7.21. The van der Waals surface area contributed by atoms with Crippen LogP contribution in [0.4, 0.5) is 13.2 Å². The molecule has 0 unspecified atom stereocenters. The summed E-state index contributed by atoms with van der Waals surface area (Å²) in [6.45, 7) is 0. The number of nitrogens with two attached hydrogens (primary N) is 1. The molecule has 0 fully saturated rings. The fourth-order valence-electron chi connectivity index (χ4n) is 1.62. The van der Waals surface area contributed by atoms with Gasteiger partial charge in [0.15, 0.2) is 0 Å². The summed E-state index contributed by atoms with van der Waals surface area (Å²) >= 11 is 1.01. The Labute approximate surface area is 104 Å². The summed E-state index contributed by atoms with van der Waals surface area (Å²) < 4.78 is 43.3. The van der Waals surface area contributed by atoms with Gasteiger partial charge in [-0.15, -0.1) is 11.3 Å². The van der Waals surface area contributed by atoms with Crippen molar-refractivity contribution in [2.24, 2.45) is 5.73 Å². The molecule has 7 heteroatoms. The zero-order chi connectivity index (χ0) is 13.5. The molecule has 2 rings (SSSR count). The van der Waals surface area contributed by atoms with Crippen LogP contribution in [-0.4, -0.2) is 13.0 Å². The van der Waals surface area contributed by atoms with Crippen LogP contribution in [0.5, 0.6) is 5.75 Å². The average molecular weight is 275 g/mol. The van der Waals surface area contributed by atoms with Gasteiger partial charge in [0.25, 0.3) is 5.91 Å². The molecule has 18 heavy (non-hydrogen) atoms. The summed E-state index contributed by atoms with van der Waals surface area (Å²) in [5.74, 6) is -0.629. The molecular formula is C11H8F3NO2S. The number of carbonyl (C=O) groups is 1. The van der Waals surface area contributed by atoms with E-state index < -0.39 is 17.6 Å².